The summed E-state index contributed by atoms with van der Waals surface area (Å²) in [6.07, 6.45) is 7.38. The summed E-state index contributed by atoms with van der Waals surface area (Å²) >= 11 is 0. The first-order valence-corrected chi connectivity index (χ1v) is 7.28. The van der Waals surface area contributed by atoms with Crippen molar-refractivity contribution in [1.82, 2.24) is 15.2 Å². The molecule has 19 heavy (non-hydrogen) atoms. The zero-order chi connectivity index (χ0) is 13.5. The lowest BCUT2D eigenvalue weighted by molar-refractivity contribution is 0.113. The summed E-state index contributed by atoms with van der Waals surface area (Å²) in [6, 6.07) is 2.05. The molecule has 4 heteroatoms. The Bertz CT molecular complexity index is 375. The minimum absolute atomic E-state index is 0.338. The third kappa shape index (κ3) is 4.48. The standard InChI is InChI=1S/C15H25N3O/c1-3-7-16-11-13-4-8-17-12-15(13)19-14-5-9-18(2)10-6-14/h4,8,12,14,16H,3,5-7,9-11H2,1-2H3. The zero-order valence-corrected chi connectivity index (χ0v) is 12.1. The highest BCUT2D eigenvalue weighted by Crippen LogP contribution is 2.21. The van der Waals surface area contributed by atoms with E-state index in [2.05, 4.69) is 29.2 Å². The lowest BCUT2D eigenvalue weighted by Gasteiger charge is -2.29. The highest BCUT2D eigenvalue weighted by molar-refractivity contribution is 5.29. The summed E-state index contributed by atoms with van der Waals surface area (Å²) in [5.41, 5.74) is 1.21. The molecule has 0 aromatic carbocycles. The van der Waals surface area contributed by atoms with Crippen molar-refractivity contribution in [3.8, 4) is 5.75 Å². The molecule has 4 nitrogen and oxygen atoms in total. The van der Waals surface area contributed by atoms with Crippen LogP contribution in [0.25, 0.3) is 0 Å². The fraction of sp³-hybridized carbons (Fsp3) is 0.667. The van der Waals surface area contributed by atoms with Crippen molar-refractivity contribution in [3.63, 3.8) is 0 Å². The van der Waals surface area contributed by atoms with Gasteiger partial charge >= 0.3 is 0 Å². The second kappa shape index (κ2) is 7.46. The molecule has 1 aliphatic rings. The fourth-order valence-corrected chi connectivity index (χ4v) is 2.34. The maximum atomic E-state index is 6.14. The summed E-state index contributed by atoms with van der Waals surface area (Å²) in [5, 5.41) is 3.42. The quantitative estimate of drug-likeness (QED) is 0.797. The van der Waals surface area contributed by atoms with E-state index in [0.717, 1.165) is 51.2 Å². The molecule has 0 aliphatic carbocycles. The zero-order valence-electron chi connectivity index (χ0n) is 12.1. The molecule has 1 N–H and O–H groups in total. The van der Waals surface area contributed by atoms with Gasteiger partial charge in [0.15, 0.2) is 0 Å². The third-order valence-corrected chi connectivity index (χ3v) is 3.57. The second-order valence-corrected chi connectivity index (χ2v) is 5.28. The number of nitrogens with zero attached hydrogens (tertiary/aromatic N) is 2. The van der Waals surface area contributed by atoms with E-state index in [-0.39, 0.29) is 0 Å². The van der Waals surface area contributed by atoms with Crippen LogP contribution in [0.1, 0.15) is 31.7 Å². The van der Waals surface area contributed by atoms with Crippen molar-refractivity contribution in [3.05, 3.63) is 24.0 Å². The molecule has 0 spiro atoms. The minimum atomic E-state index is 0.338. The summed E-state index contributed by atoms with van der Waals surface area (Å²) < 4.78 is 6.14. The predicted molar refractivity (Wildman–Crippen MR) is 77.4 cm³/mol. The van der Waals surface area contributed by atoms with Crippen LogP contribution in [-0.2, 0) is 6.54 Å². The summed E-state index contributed by atoms with van der Waals surface area (Å²) in [4.78, 5) is 6.54. The number of likely N-dealkylation sites (tertiary alicyclic amines) is 1. The van der Waals surface area contributed by atoms with Gasteiger partial charge in [-0.25, -0.2) is 0 Å². The molecule has 0 unspecified atom stereocenters. The van der Waals surface area contributed by atoms with Gasteiger partial charge in [-0.3, -0.25) is 4.98 Å². The number of hydrogen-bond donors (Lipinski definition) is 1. The molecular formula is C15H25N3O. The molecule has 0 atom stereocenters. The van der Waals surface area contributed by atoms with E-state index in [9.17, 15) is 0 Å². The second-order valence-electron chi connectivity index (χ2n) is 5.28. The molecular weight excluding hydrogens is 238 g/mol. The molecule has 1 aliphatic heterocycles. The summed E-state index contributed by atoms with van der Waals surface area (Å²) in [6.45, 7) is 6.31. The molecule has 0 saturated carbocycles. The maximum absolute atomic E-state index is 6.14. The van der Waals surface area contributed by atoms with Crippen LogP contribution >= 0.6 is 0 Å². The Morgan fingerprint density at radius 1 is 1.42 bits per heavy atom. The molecule has 0 amide bonds. The van der Waals surface area contributed by atoms with Crippen molar-refractivity contribution in [2.24, 2.45) is 0 Å². The molecule has 0 radical (unpaired) electrons. The Morgan fingerprint density at radius 2 is 2.21 bits per heavy atom. The lowest BCUT2D eigenvalue weighted by atomic mass is 10.1. The van der Waals surface area contributed by atoms with Gasteiger partial charge in [0.25, 0.3) is 0 Å². The average Bonchev–Trinajstić information content (AvgIpc) is 2.43. The van der Waals surface area contributed by atoms with Crippen LogP contribution < -0.4 is 10.1 Å². The maximum Gasteiger partial charge on any atom is 0.142 e. The van der Waals surface area contributed by atoms with Gasteiger partial charge in [0.2, 0.25) is 0 Å². The van der Waals surface area contributed by atoms with Crippen LogP contribution in [0.5, 0.6) is 5.75 Å². The first kappa shape index (κ1) is 14.3. The monoisotopic (exact) mass is 263 g/mol. The minimum Gasteiger partial charge on any atom is -0.488 e. The molecule has 0 bridgehead atoms. The van der Waals surface area contributed by atoms with Gasteiger partial charge in [-0.05, 0) is 38.9 Å². The Hall–Kier alpha value is -1.13. The smallest absolute Gasteiger partial charge is 0.142 e. The molecule has 2 heterocycles. The van der Waals surface area contributed by atoms with Crippen molar-refractivity contribution >= 4 is 0 Å². The molecule has 1 fully saturated rings. The van der Waals surface area contributed by atoms with E-state index in [4.69, 9.17) is 4.74 Å². The lowest BCUT2D eigenvalue weighted by Crippen LogP contribution is -2.35. The van der Waals surface area contributed by atoms with E-state index in [1.807, 2.05) is 18.5 Å². The number of hydrogen-bond acceptors (Lipinski definition) is 4. The Kier molecular flexibility index (Phi) is 5.61. The molecule has 1 saturated heterocycles. The van der Waals surface area contributed by atoms with Gasteiger partial charge in [-0.15, -0.1) is 0 Å². The van der Waals surface area contributed by atoms with E-state index < -0.39 is 0 Å². The van der Waals surface area contributed by atoms with Crippen molar-refractivity contribution < 1.29 is 4.74 Å². The topological polar surface area (TPSA) is 37.4 Å². The molecule has 2 rings (SSSR count). The number of pyridine rings is 1. The van der Waals surface area contributed by atoms with Gasteiger partial charge in [0.05, 0.1) is 6.20 Å². The van der Waals surface area contributed by atoms with Crippen molar-refractivity contribution in [2.45, 2.75) is 38.8 Å². The molecule has 1 aromatic rings. The van der Waals surface area contributed by atoms with Crippen LogP contribution in [0.15, 0.2) is 18.5 Å². The Morgan fingerprint density at radius 3 is 2.95 bits per heavy atom. The van der Waals surface area contributed by atoms with Gasteiger partial charge in [0, 0.05) is 31.4 Å². The Labute approximate surface area is 116 Å². The number of aromatic nitrogens is 1. The number of ether oxygens (including phenoxy) is 1. The fourth-order valence-electron chi connectivity index (χ4n) is 2.34. The number of rotatable bonds is 6. The SMILES string of the molecule is CCCNCc1ccncc1OC1CCN(C)CC1. The molecule has 1 aromatic heterocycles. The van der Waals surface area contributed by atoms with E-state index in [1.165, 1.54) is 5.56 Å². The van der Waals surface area contributed by atoms with Crippen LogP contribution in [0.2, 0.25) is 0 Å². The average molecular weight is 263 g/mol. The van der Waals surface area contributed by atoms with Gasteiger partial charge < -0.3 is 15.0 Å². The number of piperidine rings is 1. The first-order valence-electron chi connectivity index (χ1n) is 7.28. The van der Waals surface area contributed by atoms with Gasteiger partial charge in [0.1, 0.15) is 11.9 Å². The van der Waals surface area contributed by atoms with E-state index in [1.54, 1.807) is 0 Å². The van der Waals surface area contributed by atoms with E-state index in [0.29, 0.717) is 6.10 Å². The summed E-state index contributed by atoms with van der Waals surface area (Å²) in [7, 11) is 2.17. The van der Waals surface area contributed by atoms with Gasteiger partial charge in [-0.2, -0.15) is 0 Å². The van der Waals surface area contributed by atoms with Gasteiger partial charge in [-0.1, -0.05) is 6.92 Å². The Balaban J connectivity index is 1.91. The highest BCUT2D eigenvalue weighted by Gasteiger charge is 2.19. The van der Waals surface area contributed by atoms with Crippen molar-refractivity contribution in [1.29, 1.82) is 0 Å². The van der Waals surface area contributed by atoms with Crippen LogP contribution in [-0.4, -0.2) is 42.7 Å². The van der Waals surface area contributed by atoms with Crippen molar-refractivity contribution in [2.75, 3.05) is 26.7 Å². The van der Waals surface area contributed by atoms with E-state index >= 15 is 0 Å². The largest absolute Gasteiger partial charge is 0.488 e. The first-order chi connectivity index (χ1) is 9.29. The normalized spacial score (nSPS) is 17.6. The number of nitrogens with one attached hydrogen (secondary N) is 1. The van der Waals surface area contributed by atoms with Crippen LogP contribution in [0, 0.1) is 0 Å². The van der Waals surface area contributed by atoms with Crippen LogP contribution in [0.4, 0.5) is 0 Å². The summed E-state index contributed by atoms with van der Waals surface area (Å²) in [5.74, 6) is 0.945. The molecule has 106 valence electrons. The third-order valence-electron chi connectivity index (χ3n) is 3.57. The highest BCUT2D eigenvalue weighted by atomic mass is 16.5. The van der Waals surface area contributed by atoms with Crippen LogP contribution in [0.3, 0.4) is 0 Å². The predicted octanol–water partition coefficient (Wildman–Crippen LogP) is 2.05.